The van der Waals surface area contributed by atoms with Crippen molar-refractivity contribution in [1.82, 2.24) is 4.57 Å². The first-order valence-electron chi connectivity index (χ1n) is 9.08. The predicted octanol–water partition coefficient (Wildman–Crippen LogP) is 5.75. The van der Waals surface area contributed by atoms with E-state index in [1.165, 1.54) is 24.8 Å². The molecule has 0 radical (unpaired) electrons. The maximum Gasteiger partial charge on any atom is 0.101 e. The minimum absolute atomic E-state index is 0.455. The molecule has 1 atom stereocenters. The van der Waals surface area contributed by atoms with E-state index in [2.05, 4.69) is 48.8 Å². The van der Waals surface area contributed by atoms with Crippen molar-refractivity contribution < 1.29 is 0 Å². The maximum atomic E-state index is 9.41. The number of fused-ring (bicyclic) bond motifs is 3. The quantitative estimate of drug-likeness (QED) is 0.578. The second kappa shape index (κ2) is 7.41. The summed E-state index contributed by atoms with van der Waals surface area (Å²) in [7, 11) is 0. The Morgan fingerprint density at radius 2 is 1.68 bits per heavy atom. The molecular weight excluding hydrogens is 306 g/mol. The van der Waals surface area contributed by atoms with Crippen molar-refractivity contribution in [1.29, 1.82) is 10.5 Å². The smallest absolute Gasteiger partial charge is 0.101 e. The van der Waals surface area contributed by atoms with Crippen molar-refractivity contribution >= 4 is 21.8 Å². The Labute approximate surface area is 149 Å². The summed E-state index contributed by atoms with van der Waals surface area (Å²) in [5.74, 6) is 0.625. The summed E-state index contributed by atoms with van der Waals surface area (Å²) < 4.78 is 2.34. The molecule has 25 heavy (non-hydrogen) atoms. The van der Waals surface area contributed by atoms with Crippen molar-refractivity contribution in [2.24, 2.45) is 5.92 Å². The number of unbranched alkanes of at least 4 members (excludes halogenated alkanes) is 1. The third-order valence-electron chi connectivity index (χ3n) is 5.14. The molecule has 0 amide bonds. The standard InChI is InChI=1S/C22H23N3/c1-3-5-8-16(4-2)15-25-21-10-7-6-9-19(21)20-11-17(13-23)18(14-24)12-22(20)25/h6-7,9-12,16H,3-5,8,15H2,1-2H3. The first-order chi connectivity index (χ1) is 12.2. The van der Waals surface area contributed by atoms with Crippen molar-refractivity contribution in [3.05, 3.63) is 47.5 Å². The van der Waals surface area contributed by atoms with E-state index in [0.29, 0.717) is 17.0 Å². The Kier molecular flexibility index (Phi) is 5.05. The van der Waals surface area contributed by atoms with Crippen molar-refractivity contribution in [2.45, 2.75) is 46.1 Å². The van der Waals surface area contributed by atoms with Gasteiger partial charge in [0.1, 0.15) is 12.1 Å². The normalized spacial score (nSPS) is 12.2. The number of para-hydroxylation sites is 1. The second-order valence-electron chi connectivity index (χ2n) is 6.68. The zero-order chi connectivity index (χ0) is 17.8. The zero-order valence-corrected chi connectivity index (χ0v) is 14.9. The van der Waals surface area contributed by atoms with Crippen LogP contribution in [-0.2, 0) is 6.54 Å². The van der Waals surface area contributed by atoms with Crippen LogP contribution in [0.2, 0.25) is 0 Å². The van der Waals surface area contributed by atoms with Gasteiger partial charge in [-0.3, -0.25) is 0 Å². The van der Waals surface area contributed by atoms with Crippen molar-refractivity contribution in [3.8, 4) is 12.1 Å². The van der Waals surface area contributed by atoms with Gasteiger partial charge in [-0.2, -0.15) is 10.5 Å². The van der Waals surface area contributed by atoms with Crippen LogP contribution in [0, 0.1) is 28.6 Å². The summed E-state index contributed by atoms with van der Waals surface area (Å²) in [6.45, 7) is 5.44. The lowest BCUT2D eigenvalue weighted by Gasteiger charge is -2.17. The second-order valence-corrected chi connectivity index (χ2v) is 6.68. The number of hydrogen-bond acceptors (Lipinski definition) is 2. The molecule has 0 aliphatic heterocycles. The fraction of sp³-hybridized carbons (Fsp3) is 0.364. The molecule has 1 unspecified atom stereocenters. The number of aromatic nitrogens is 1. The van der Waals surface area contributed by atoms with Gasteiger partial charge >= 0.3 is 0 Å². The van der Waals surface area contributed by atoms with Crippen LogP contribution in [0.3, 0.4) is 0 Å². The van der Waals surface area contributed by atoms with Gasteiger partial charge in [0.05, 0.1) is 16.6 Å². The van der Waals surface area contributed by atoms with Crippen LogP contribution in [0.15, 0.2) is 36.4 Å². The topological polar surface area (TPSA) is 52.5 Å². The fourth-order valence-electron chi connectivity index (χ4n) is 3.65. The summed E-state index contributed by atoms with van der Waals surface area (Å²) >= 11 is 0. The Morgan fingerprint density at radius 3 is 2.36 bits per heavy atom. The third-order valence-corrected chi connectivity index (χ3v) is 5.14. The Balaban J connectivity index is 2.21. The highest BCUT2D eigenvalue weighted by molar-refractivity contribution is 6.08. The van der Waals surface area contributed by atoms with Gasteiger partial charge in [-0.15, -0.1) is 0 Å². The van der Waals surface area contributed by atoms with Gasteiger partial charge in [-0.05, 0) is 30.5 Å². The van der Waals surface area contributed by atoms with E-state index in [4.69, 9.17) is 0 Å². The maximum absolute atomic E-state index is 9.41. The molecule has 0 saturated heterocycles. The van der Waals surface area contributed by atoms with E-state index in [0.717, 1.165) is 29.3 Å². The highest BCUT2D eigenvalue weighted by Gasteiger charge is 2.16. The summed E-state index contributed by atoms with van der Waals surface area (Å²) in [6.07, 6.45) is 4.84. The molecule has 2 aromatic carbocycles. The monoisotopic (exact) mass is 329 g/mol. The van der Waals surface area contributed by atoms with E-state index in [1.54, 1.807) is 0 Å². The molecule has 3 aromatic rings. The van der Waals surface area contributed by atoms with Gasteiger partial charge in [0, 0.05) is 22.8 Å². The first kappa shape index (κ1) is 17.1. The molecule has 3 heteroatoms. The van der Waals surface area contributed by atoms with Crippen LogP contribution in [0.25, 0.3) is 21.8 Å². The number of hydrogen-bond donors (Lipinski definition) is 0. The molecule has 0 bridgehead atoms. The zero-order valence-electron chi connectivity index (χ0n) is 14.9. The molecule has 126 valence electrons. The van der Waals surface area contributed by atoms with Gasteiger partial charge in [-0.1, -0.05) is 51.3 Å². The van der Waals surface area contributed by atoms with Gasteiger partial charge in [0.25, 0.3) is 0 Å². The lowest BCUT2D eigenvalue weighted by atomic mass is 9.99. The number of rotatable bonds is 6. The molecular formula is C22H23N3. The Hall–Kier alpha value is -2.78. The summed E-state index contributed by atoms with van der Waals surface area (Å²) in [4.78, 5) is 0. The highest BCUT2D eigenvalue weighted by atomic mass is 15.0. The van der Waals surface area contributed by atoms with Gasteiger partial charge in [0.15, 0.2) is 0 Å². The van der Waals surface area contributed by atoms with Crippen LogP contribution in [0.5, 0.6) is 0 Å². The summed E-state index contributed by atoms with van der Waals surface area (Å²) in [5.41, 5.74) is 3.16. The molecule has 0 N–H and O–H groups in total. The first-order valence-corrected chi connectivity index (χ1v) is 9.08. The Morgan fingerprint density at radius 1 is 0.960 bits per heavy atom. The lowest BCUT2D eigenvalue weighted by molar-refractivity contribution is 0.401. The average molecular weight is 329 g/mol. The van der Waals surface area contributed by atoms with Gasteiger partial charge in [-0.25, -0.2) is 0 Å². The van der Waals surface area contributed by atoms with Crippen LogP contribution < -0.4 is 0 Å². The van der Waals surface area contributed by atoms with Crippen molar-refractivity contribution in [3.63, 3.8) is 0 Å². The van der Waals surface area contributed by atoms with E-state index < -0.39 is 0 Å². The minimum Gasteiger partial charge on any atom is -0.340 e. The minimum atomic E-state index is 0.455. The number of nitrogens with zero attached hydrogens (tertiary/aromatic N) is 3. The van der Waals surface area contributed by atoms with Crippen molar-refractivity contribution in [2.75, 3.05) is 0 Å². The van der Waals surface area contributed by atoms with E-state index in [1.807, 2.05) is 18.2 Å². The molecule has 0 aliphatic carbocycles. The van der Waals surface area contributed by atoms with E-state index in [9.17, 15) is 10.5 Å². The summed E-state index contributed by atoms with van der Waals surface area (Å²) in [6, 6.07) is 16.4. The molecule has 0 aliphatic rings. The van der Waals surface area contributed by atoms with Crippen LogP contribution in [-0.4, -0.2) is 4.57 Å². The molecule has 1 heterocycles. The Bertz CT molecular complexity index is 982. The third kappa shape index (κ3) is 3.11. The van der Waals surface area contributed by atoms with Crippen LogP contribution in [0.1, 0.15) is 50.7 Å². The highest BCUT2D eigenvalue weighted by Crippen LogP contribution is 2.32. The van der Waals surface area contributed by atoms with Gasteiger partial charge < -0.3 is 4.57 Å². The SMILES string of the molecule is CCCCC(CC)Cn1c2ccccc2c2cc(C#N)c(C#N)cc21. The molecule has 0 fully saturated rings. The fourth-order valence-corrected chi connectivity index (χ4v) is 3.65. The molecule has 0 saturated carbocycles. The average Bonchev–Trinajstić information content (AvgIpc) is 2.96. The number of nitriles is 2. The predicted molar refractivity (Wildman–Crippen MR) is 102 cm³/mol. The number of benzene rings is 2. The van der Waals surface area contributed by atoms with E-state index in [-0.39, 0.29) is 0 Å². The molecule has 3 nitrogen and oxygen atoms in total. The van der Waals surface area contributed by atoms with Gasteiger partial charge in [0.2, 0.25) is 0 Å². The van der Waals surface area contributed by atoms with Crippen LogP contribution >= 0.6 is 0 Å². The molecule has 0 spiro atoms. The lowest BCUT2D eigenvalue weighted by Crippen LogP contribution is -2.10. The largest absolute Gasteiger partial charge is 0.340 e. The van der Waals surface area contributed by atoms with E-state index >= 15 is 0 Å². The van der Waals surface area contributed by atoms with Crippen LogP contribution in [0.4, 0.5) is 0 Å². The molecule has 1 aromatic heterocycles. The molecule has 3 rings (SSSR count). The summed E-state index contributed by atoms with van der Waals surface area (Å²) in [5, 5.41) is 21.0.